The number of rotatable bonds is 5. The molecule has 0 spiro atoms. The molecule has 114 valence electrons. The average Bonchev–Trinajstić information content (AvgIpc) is 2.77. The fraction of sp³-hybridized carbons (Fsp3) is 0.308. The van der Waals surface area contributed by atoms with Gasteiger partial charge in [0.2, 0.25) is 10.0 Å². The topological polar surface area (TPSA) is 76.0 Å². The lowest BCUT2D eigenvalue weighted by Gasteiger charge is -2.16. The van der Waals surface area contributed by atoms with Crippen molar-refractivity contribution in [3.8, 4) is 0 Å². The zero-order valence-electron chi connectivity index (χ0n) is 12.0. The molecule has 0 amide bonds. The van der Waals surface area contributed by atoms with Crippen LogP contribution < -0.4 is 10.0 Å². The highest BCUT2D eigenvalue weighted by Gasteiger charge is 2.12. The third kappa shape index (κ3) is 4.12. The number of nitrogens with zero attached hydrogens (tertiary/aromatic N) is 2. The van der Waals surface area contributed by atoms with Crippen molar-refractivity contribution >= 4 is 33.0 Å². The second-order valence-electron chi connectivity index (χ2n) is 4.83. The van der Waals surface area contributed by atoms with Crippen molar-refractivity contribution in [1.82, 2.24) is 9.55 Å². The highest BCUT2D eigenvalue weighted by molar-refractivity contribution is 7.92. The monoisotopic (exact) mass is 328 g/mol. The molecule has 2 rings (SSSR count). The van der Waals surface area contributed by atoms with Crippen molar-refractivity contribution in [2.45, 2.75) is 13.0 Å². The molecule has 2 N–H and O–H groups in total. The number of hydrogen-bond donors (Lipinski definition) is 2. The molecule has 21 heavy (non-hydrogen) atoms. The number of aryl methyl sites for hydroxylation is 1. The minimum Gasteiger partial charge on any atom is -0.375 e. The van der Waals surface area contributed by atoms with Gasteiger partial charge in [-0.25, -0.2) is 13.4 Å². The first-order valence-corrected chi connectivity index (χ1v) is 8.54. The lowest BCUT2D eigenvalue weighted by Crippen LogP contribution is -2.12. The van der Waals surface area contributed by atoms with E-state index in [1.165, 1.54) is 0 Å². The molecule has 0 fully saturated rings. The van der Waals surface area contributed by atoms with Crippen molar-refractivity contribution in [3.05, 3.63) is 41.4 Å². The summed E-state index contributed by atoms with van der Waals surface area (Å²) < 4.78 is 26.7. The van der Waals surface area contributed by atoms with Gasteiger partial charge in [-0.3, -0.25) is 4.72 Å². The highest BCUT2D eigenvalue weighted by atomic mass is 35.5. The van der Waals surface area contributed by atoms with Crippen LogP contribution in [0.1, 0.15) is 18.8 Å². The van der Waals surface area contributed by atoms with Gasteiger partial charge in [0, 0.05) is 25.1 Å². The van der Waals surface area contributed by atoms with Gasteiger partial charge in [-0.2, -0.15) is 0 Å². The van der Waals surface area contributed by atoms with E-state index in [2.05, 4.69) is 15.0 Å². The van der Waals surface area contributed by atoms with Crippen LogP contribution in [0, 0.1) is 0 Å². The van der Waals surface area contributed by atoms with Gasteiger partial charge in [-0.1, -0.05) is 11.6 Å². The van der Waals surface area contributed by atoms with Gasteiger partial charge in [0.05, 0.1) is 23.0 Å². The van der Waals surface area contributed by atoms with Crippen molar-refractivity contribution in [2.24, 2.45) is 7.05 Å². The quantitative estimate of drug-likeness (QED) is 0.884. The minimum absolute atomic E-state index is 0.00483. The molecule has 0 radical (unpaired) electrons. The maximum atomic E-state index is 11.2. The van der Waals surface area contributed by atoms with Gasteiger partial charge in [-0.05, 0) is 25.1 Å². The first-order chi connectivity index (χ1) is 9.76. The van der Waals surface area contributed by atoms with Gasteiger partial charge >= 0.3 is 0 Å². The number of aromatic nitrogens is 2. The Kier molecular flexibility index (Phi) is 4.43. The Morgan fingerprint density at radius 2 is 2.10 bits per heavy atom. The lowest BCUT2D eigenvalue weighted by molar-refractivity contribution is 0.607. The third-order valence-electron chi connectivity index (χ3n) is 2.89. The van der Waals surface area contributed by atoms with Crippen molar-refractivity contribution in [1.29, 1.82) is 0 Å². The number of benzene rings is 1. The summed E-state index contributed by atoms with van der Waals surface area (Å²) in [4.78, 5) is 4.28. The van der Waals surface area contributed by atoms with E-state index in [1.807, 2.05) is 24.7 Å². The molecule has 2 aromatic rings. The Labute approximate surface area is 129 Å². The van der Waals surface area contributed by atoms with E-state index in [4.69, 9.17) is 11.6 Å². The molecule has 0 aliphatic carbocycles. The second-order valence-corrected chi connectivity index (χ2v) is 6.99. The third-order valence-corrected chi connectivity index (χ3v) is 3.80. The highest BCUT2D eigenvalue weighted by Crippen LogP contribution is 2.28. The Balaban J connectivity index is 2.15. The molecule has 6 nitrogen and oxygen atoms in total. The smallest absolute Gasteiger partial charge is 0.229 e. The molecule has 1 aromatic carbocycles. The second kappa shape index (κ2) is 5.95. The van der Waals surface area contributed by atoms with Crippen LogP contribution in [0.3, 0.4) is 0 Å². The largest absolute Gasteiger partial charge is 0.375 e. The van der Waals surface area contributed by atoms with E-state index >= 15 is 0 Å². The van der Waals surface area contributed by atoms with Gasteiger partial charge < -0.3 is 9.88 Å². The van der Waals surface area contributed by atoms with E-state index in [9.17, 15) is 8.42 Å². The zero-order chi connectivity index (χ0) is 15.6. The number of hydrogen-bond acceptors (Lipinski definition) is 4. The molecule has 0 saturated heterocycles. The summed E-state index contributed by atoms with van der Waals surface area (Å²) in [6.07, 6.45) is 4.69. The normalized spacial score (nSPS) is 13.0. The summed E-state index contributed by atoms with van der Waals surface area (Å²) in [5, 5.41) is 3.60. The number of anilines is 2. The van der Waals surface area contributed by atoms with Gasteiger partial charge in [0.15, 0.2) is 0 Å². The minimum atomic E-state index is -3.34. The number of nitrogens with one attached hydrogen (secondary N) is 2. The summed E-state index contributed by atoms with van der Waals surface area (Å²) in [7, 11) is -1.42. The van der Waals surface area contributed by atoms with Crippen LogP contribution in [-0.2, 0) is 17.1 Å². The lowest BCUT2D eigenvalue weighted by atomic mass is 10.2. The van der Waals surface area contributed by atoms with Gasteiger partial charge in [0.25, 0.3) is 0 Å². The van der Waals surface area contributed by atoms with Gasteiger partial charge in [-0.15, -0.1) is 0 Å². The summed E-state index contributed by atoms with van der Waals surface area (Å²) >= 11 is 6.09. The zero-order valence-corrected chi connectivity index (χ0v) is 13.5. The van der Waals surface area contributed by atoms with Crippen LogP contribution in [0.2, 0.25) is 5.02 Å². The molecule has 1 atom stereocenters. The van der Waals surface area contributed by atoms with Crippen LogP contribution >= 0.6 is 11.6 Å². The van der Waals surface area contributed by atoms with Crippen LogP contribution in [-0.4, -0.2) is 24.2 Å². The average molecular weight is 329 g/mol. The maximum absolute atomic E-state index is 11.2. The van der Waals surface area contributed by atoms with Crippen LogP contribution in [0.15, 0.2) is 30.6 Å². The summed E-state index contributed by atoms with van der Waals surface area (Å²) in [6, 6.07) is 5.05. The standard InChI is InChI=1S/C13H17ClN4O2S/c1-9(13-15-6-7-18(13)2)16-10-4-5-12(11(14)8-10)17-21(3,19)20/h4-9,16-17H,1-3H3. The Bertz CT molecular complexity index is 742. The van der Waals surface area contributed by atoms with E-state index in [0.29, 0.717) is 10.7 Å². The van der Waals surface area contributed by atoms with Crippen LogP contribution in [0.5, 0.6) is 0 Å². The molecule has 0 bridgehead atoms. The summed E-state index contributed by atoms with van der Waals surface area (Å²) in [5.74, 6) is 0.893. The predicted octanol–water partition coefficient (Wildman–Crippen LogP) is 2.62. The Morgan fingerprint density at radius 1 is 1.38 bits per heavy atom. The molecular formula is C13H17ClN4O2S. The van der Waals surface area contributed by atoms with Crippen molar-refractivity contribution in [2.75, 3.05) is 16.3 Å². The molecule has 1 heterocycles. The first kappa shape index (κ1) is 15.7. The molecule has 0 aliphatic heterocycles. The van der Waals surface area contributed by atoms with Gasteiger partial charge in [0.1, 0.15) is 5.82 Å². The fourth-order valence-electron chi connectivity index (χ4n) is 2.00. The molecule has 0 saturated carbocycles. The SMILES string of the molecule is CC(Nc1ccc(NS(C)(=O)=O)c(Cl)c1)c1nccn1C. The van der Waals surface area contributed by atoms with E-state index in [-0.39, 0.29) is 6.04 Å². The van der Waals surface area contributed by atoms with Crippen molar-refractivity contribution < 1.29 is 8.42 Å². The number of imidazole rings is 1. The van der Waals surface area contributed by atoms with E-state index in [1.54, 1.807) is 24.4 Å². The number of sulfonamides is 1. The molecule has 1 unspecified atom stereocenters. The van der Waals surface area contributed by atoms with Crippen molar-refractivity contribution in [3.63, 3.8) is 0 Å². The number of halogens is 1. The predicted molar refractivity (Wildman–Crippen MR) is 85.2 cm³/mol. The summed E-state index contributed by atoms with van der Waals surface area (Å²) in [5.41, 5.74) is 1.14. The molecule has 8 heteroatoms. The fourth-order valence-corrected chi connectivity index (χ4v) is 2.86. The van der Waals surface area contributed by atoms with Crippen LogP contribution in [0.25, 0.3) is 0 Å². The van der Waals surface area contributed by atoms with Crippen LogP contribution in [0.4, 0.5) is 11.4 Å². The van der Waals surface area contributed by atoms with E-state index in [0.717, 1.165) is 17.8 Å². The summed E-state index contributed by atoms with van der Waals surface area (Å²) in [6.45, 7) is 1.99. The first-order valence-electron chi connectivity index (χ1n) is 6.27. The molecule has 0 aliphatic rings. The maximum Gasteiger partial charge on any atom is 0.229 e. The molecule has 1 aromatic heterocycles. The Morgan fingerprint density at radius 3 is 2.62 bits per heavy atom. The van der Waals surface area contributed by atoms with E-state index < -0.39 is 10.0 Å². The molecular weight excluding hydrogens is 312 g/mol. The Hall–Kier alpha value is -1.73.